The first kappa shape index (κ1) is 14.5. The highest BCUT2D eigenvalue weighted by molar-refractivity contribution is 7.89. The molecule has 7 nitrogen and oxygen atoms in total. The molecule has 0 aliphatic carbocycles. The average molecular weight is 296 g/mol. The topological polar surface area (TPSA) is 97.0 Å². The third-order valence-corrected chi connectivity index (χ3v) is 4.21. The Balaban J connectivity index is 2.11. The van der Waals surface area contributed by atoms with E-state index in [0.717, 1.165) is 5.56 Å². The summed E-state index contributed by atoms with van der Waals surface area (Å²) in [5, 5.41) is 6.38. The summed E-state index contributed by atoms with van der Waals surface area (Å²) in [6.07, 6.45) is 1.82. The molecule has 0 fully saturated rings. The van der Waals surface area contributed by atoms with Gasteiger partial charge in [0.2, 0.25) is 10.0 Å². The zero-order chi connectivity index (χ0) is 14.6. The van der Waals surface area contributed by atoms with E-state index in [-0.39, 0.29) is 11.4 Å². The number of nitrogens with zero attached hydrogens (tertiary/aromatic N) is 2. The number of aryl methyl sites for hydroxylation is 1. The third kappa shape index (κ3) is 3.34. The molecule has 0 radical (unpaired) electrons. The molecular formula is C12H16N4O3S. The van der Waals surface area contributed by atoms with Crippen molar-refractivity contribution in [1.82, 2.24) is 19.9 Å². The Bertz CT molecular complexity index is 668. The smallest absolute Gasteiger partial charge is 0.244 e. The molecule has 0 spiro atoms. The molecule has 8 heteroatoms. The van der Waals surface area contributed by atoms with E-state index in [9.17, 15) is 8.42 Å². The molecule has 20 heavy (non-hydrogen) atoms. The van der Waals surface area contributed by atoms with Gasteiger partial charge in [0.25, 0.3) is 0 Å². The first-order valence-electron chi connectivity index (χ1n) is 6.01. The lowest BCUT2D eigenvalue weighted by atomic mass is 10.2. The fourth-order valence-corrected chi connectivity index (χ4v) is 3.01. The Kier molecular flexibility index (Phi) is 4.35. The van der Waals surface area contributed by atoms with E-state index in [0.29, 0.717) is 18.0 Å². The third-order valence-electron chi connectivity index (χ3n) is 2.73. The number of nitrogens with one attached hydrogen (secondary N) is 2. The molecule has 0 unspecified atom stereocenters. The van der Waals surface area contributed by atoms with Gasteiger partial charge in [0.05, 0.1) is 7.11 Å². The van der Waals surface area contributed by atoms with E-state index in [4.69, 9.17) is 4.74 Å². The lowest BCUT2D eigenvalue weighted by Gasteiger charge is -2.11. The molecule has 0 saturated carbocycles. The summed E-state index contributed by atoms with van der Waals surface area (Å²) in [6, 6.07) is 5.02. The number of hydrogen-bond acceptors (Lipinski definition) is 5. The maximum absolute atomic E-state index is 12.3. The average Bonchev–Trinajstić information content (AvgIpc) is 2.91. The van der Waals surface area contributed by atoms with Crippen molar-refractivity contribution in [3.05, 3.63) is 35.9 Å². The number of methoxy groups -OCH3 is 1. The van der Waals surface area contributed by atoms with Crippen molar-refractivity contribution in [2.24, 2.45) is 0 Å². The van der Waals surface area contributed by atoms with Crippen LogP contribution in [0.3, 0.4) is 0 Å². The van der Waals surface area contributed by atoms with Crippen molar-refractivity contribution in [2.75, 3.05) is 13.7 Å². The number of ether oxygens (including phenoxy) is 1. The van der Waals surface area contributed by atoms with Crippen LogP contribution >= 0.6 is 0 Å². The summed E-state index contributed by atoms with van der Waals surface area (Å²) < 4.78 is 32.1. The lowest BCUT2D eigenvalue weighted by molar-refractivity contribution is 0.402. The van der Waals surface area contributed by atoms with Crippen LogP contribution < -0.4 is 9.46 Å². The van der Waals surface area contributed by atoms with Crippen LogP contribution in [-0.4, -0.2) is 37.3 Å². The Labute approximate surface area is 117 Å². The molecule has 2 N–H and O–H groups in total. The van der Waals surface area contributed by atoms with Gasteiger partial charge in [-0.15, -0.1) is 0 Å². The molecule has 0 amide bonds. The van der Waals surface area contributed by atoms with E-state index in [2.05, 4.69) is 19.9 Å². The molecule has 0 aliphatic heterocycles. The summed E-state index contributed by atoms with van der Waals surface area (Å²) >= 11 is 0. The fraction of sp³-hybridized carbons (Fsp3) is 0.333. The Morgan fingerprint density at radius 1 is 1.40 bits per heavy atom. The highest BCUT2D eigenvalue weighted by Crippen LogP contribution is 2.24. The van der Waals surface area contributed by atoms with E-state index in [1.165, 1.54) is 13.4 Å². The zero-order valence-electron chi connectivity index (χ0n) is 11.3. The molecule has 2 rings (SSSR count). The molecule has 1 aromatic carbocycles. The van der Waals surface area contributed by atoms with Gasteiger partial charge in [0.1, 0.15) is 22.8 Å². The minimum Gasteiger partial charge on any atom is -0.495 e. The predicted octanol–water partition coefficient (Wildman–Crippen LogP) is 0.643. The Morgan fingerprint density at radius 3 is 2.85 bits per heavy atom. The molecular weight excluding hydrogens is 280 g/mol. The van der Waals surface area contributed by atoms with Crippen molar-refractivity contribution in [3.63, 3.8) is 0 Å². The maximum atomic E-state index is 12.3. The highest BCUT2D eigenvalue weighted by atomic mass is 32.2. The molecule has 0 aliphatic rings. The van der Waals surface area contributed by atoms with Crippen LogP contribution in [0.4, 0.5) is 0 Å². The first-order valence-corrected chi connectivity index (χ1v) is 7.50. The van der Waals surface area contributed by atoms with Gasteiger partial charge in [0.15, 0.2) is 0 Å². The SMILES string of the molecule is COc1ccc(C)cc1S(=O)(=O)NCCc1ncn[nH]1. The number of sulfonamides is 1. The predicted molar refractivity (Wildman–Crippen MR) is 73.0 cm³/mol. The van der Waals surface area contributed by atoms with Crippen LogP contribution in [0, 0.1) is 6.92 Å². The largest absolute Gasteiger partial charge is 0.495 e. The number of aromatic nitrogens is 3. The monoisotopic (exact) mass is 296 g/mol. The van der Waals surface area contributed by atoms with Gasteiger partial charge >= 0.3 is 0 Å². The van der Waals surface area contributed by atoms with Crippen molar-refractivity contribution in [1.29, 1.82) is 0 Å². The van der Waals surface area contributed by atoms with Crippen LogP contribution in [0.5, 0.6) is 5.75 Å². The Morgan fingerprint density at radius 2 is 2.20 bits per heavy atom. The number of H-pyrrole nitrogens is 1. The summed E-state index contributed by atoms with van der Waals surface area (Å²) in [6.45, 7) is 2.06. The molecule has 0 saturated heterocycles. The van der Waals surface area contributed by atoms with Crippen LogP contribution in [0.25, 0.3) is 0 Å². The Hall–Kier alpha value is -1.93. The zero-order valence-corrected chi connectivity index (χ0v) is 12.1. The minimum absolute atomic E-state index is 0.137. The van der Waals surface area contributed by atoms with Gasteiger partial charge in [-0.3, -0.25) is 5.10 Å². The van der Waals surface area contributed by atoms with Crippen LogP contribution in [0.1, 0.15) is 11.4 Å². The van der Waals surface area contributed by atoms with Gasteiger partial charge < -0.3 is 4.74 Å². The van der Waals surface area contributed by atoms with Crippen molar-refractivity contribution < 1.29 is 13.2 Å². The summed E-state index contributed by atoms with van der Waals surface area (Å²) in [4.78, 5) is 4.07. The molecule has 108 valence electrons. The molecule has 2 aromatic rings. The molecule has 1 aromatic heterocycles. The molecule has 1 heterocycles. The normalized spacial score (nSPS) is 11.5. The fourth-order valence-electron chi connectivity index (χ4n) is 1.73. The second kappa shape index (κ2) is 6.02. The van der Waals surface area contributed by atoms with Crippen molar-refractivity contribution in [2.45, 2.75) is 18.2 Å². The number of hydrogen-bond donors (Lipinski definition) is 2. The van der Waals surface area contributed by atoms with Crippen LogP contribution in [0.2, 0.25) is 0 Å². The quantitative estimate of drug-likeness (QED) is 0.815. The van der Waals surface area contributed by atoms with E-state index < -0.39 is 10.0 Å². The lowest BCUT2D eigenvalue weighted by Crippen LogP contribution is -2.26. The van der Waals surface area contributed by atoms with E-state index in [1.54, 1.807) is 18.2 Å². The molecule has 0 atom stereocenters. The minimum atomic E-state index is -3.62. The highest BCUT2D eigenvalue weighted by Gasteiger charge is 2.19. The van der Waals surface area contributed by atoms with E-state index >= 15 is 0 Å². The van der Waals surface area contributed by atoms with Crippen molar-refractivity contribution in [3.8, 4) is 5.75 Å². The van der Waals surface area contributed by atoms with Gasteiger partial charge in [-0.1, -0.05) is 6.07 Å². The van der Waals surface area contributed by atoms with Crippen LogP contribution in [0.15, 0.2) is 29.4 Å². The first-order chi connectivity index (χ1) is 9.53. The van der Waals surface area contributed by atoms with Gasteiger partial charge in [-0.25, -0.2) is 18.1 Å². The van der Waals surface area contributed by atoms with Gasteiger partial charge in [-0.2, -0.15) is 5.10 Å². The standard InChI is InChI=1S/C12H16N4O3S/c1-9-3-4-10(19-2)11(7-9)20(17,18)15-6-5-12-13-8-14-16-12/h3-4,7-8,15H,5-6H2,1-2H3,(H,13,14,16). The number of benzene rings is 1. The summed E-state index contributed by atoms with van der Waals surface area (Å²) in [5.41, 5.74) is 0.849. The van der Waals surface area contributed by atoms with Crippen LogP contribution in [-0.2, 0) is 16.4 Å². The maximum Gasteiger partial charge on any atom is 0.244 e. The number of rotatable bonds is 6. The van der Waals surface area contributed by atoms with E-state index in [1.807, 2.05) is 6.92 Å². The number of aromatic amines is 1. The van der Waals surface area contributed by atoms with Gasteiger partial charge in [-0.05, 0) is 24.6 Å². The molecule has 0 bridgehead atoms. The summed E-state index contributed by atoms with van der Waals surface area (Å²) in [5.74, 6) is 0.951. The summed E-state index contributed by atoms with van der Waals surface area (Å²) in [7, 11) is -2.17. The van der Waals surface area contributed by atoms with Crippen molar-refractivity contribution >= 4 is 10.0 Å². The second-order valence-electron chi connectivity index (χ2n) is 4.23. The second-order valence-corrected chi connectivity index (χ2v) is 5.97. The van der Waals surface area contributed by atoms with Gasteiger partial charge in [0, 0.05) is 13.0 Å².